The number of esters is 1. The molecule has 2 heterocycles. The molecule has 0 N–H and O–H groups in total. The van der Waals surface area contributed by atoms with Crippen LogP contribution in [0.2, 0.25) is 0 Å². The Bertz CT molecular complexity index is 467. The van der Waals surface area contributed by atoms with E-state index in [1.807, 2.05) is 27.7 Å². The van der Waals surface area contributed by atoms with Crippen molar-refractivity contribution >= 4 is 5.97 Å². The maximum atomic E-state index is 11.2. The minimum atomic E-state index is -0.767. The Morgan fingerprint density at radius 1 is 1.23 bits per heavy atom. The van der Waals surface area contributed by atoms with E-state index in [1.54, 1.807) is 0 Å². The second kappa shape index (κ2) is 6.12. The van der Waals surface area contributed by atoms with Gasteiger partial charge in [-0.25, -0.2) is 4.79 Å². The van der Waals surface area contributed by atoms with Gasteiger partial charge in [-0.15, -0.1) is 0 Å². The average Bonchev–Trinajstić information content (AvgIpc) is 2.94. The first kappa shape index (κ1) is 17.1. The molecule has 0 aromatic carbocycles. The molecule has 0 amide bonds. The van der Waals surface area contributed by atoms with Crippen LogP contribution in [0.1, 0.15) is 27.7 Å². The molecule has 124 valence electrons. The number of ether oxygens (including phenoxy) is 5. The molecule has 2 fully saturated rings. The summed E-state index contributed by atoms with van der Waals surface area (Å²) < 4.78 is 28.3. The molecule has 0 radical (unpaired) electrons. The molecule has 0 saturated carbocycles. The van der Waals surface area contributed by atoms with Crippen LogP contribution < -0.4 is 0 Å². The molecule has 22 heavy (non-hydrogen) atoms. The fourth-order valence-corrected chi connectivity index (χ4v) is 2.56. The molecule has 2 aliphatic heterocycles. The number of rotatable bonds is 5. The van der Waals surface area contributed by atoms with Gasteiger partial charge in [0, 0.05) is 6.08 Å². The molecule has 0 unspecified atom stereocenters. The summed E-state index contributed by atoms with van der Waals surface area (Å²) in [5.74, 6) is -1.92. The first-order chi connectivity index (χ1) is 10.1. The molecule has 2 saturated heterocycles. The molecule has 0 aromatic heterocycles. The Kier molecular flexibility index (Phi) is 4.77. The summed E-state index contributed by atoms with van der Waals surface area (Å²) in [6.45, 7) is 15.1. The monoisotopic (exact) mass is 312 g/mol. The van der Waals surface area contributed by atoms with Gasteiger partial charge < -0.3 is 23.7 Å². The third-order valence-corrected chi connectivity index (χ3v) is 3.49. The molecule has 0 aliphatic carbocycles. The van der Waals surface area contributed by atoms with Crippen LogP contribution in [0.4, 0.5) is 0 Å². The molecule has 6 heteroatoms. The Hall–Kier alpha value is -1.21. The van der Waals surface area contributed by atoms with Gasteiger partial charge in [0.25, 0.3) is 0 Å². The van der Waals surface area contributed by atoms with Gasteiger partial charge in [-0.05, 0) is 33.3 Å². The first-order valence-electron chi connectivity index (χ1n) is 7.28. The highest BCUT2D eigenvalue weighted by molar-refractivity contribution is 5.81. The Morgan fingerprint density at radius 3 is 2.45 bits per heavy atom. The highest BCUT2D eigenvalue weighted by Gasteiger charge is 2.50. The van der Waals surface area contributed by atoms with Crippen molar-refractivity contribution in [3.05, 3.63) is 24.8 Å². The lowest BCUT2D eigenvalue weighted by molar-refractivity contribution is -0.174. The molecule has 2 rings (SSSR count). The Balaban J connectivity index is 2.05. The zero-order valence-electron chi connectivity index (χ0n) is 13.6. The largest absolute Gasteiger partial charge is 0.458 e. The van der Waals surface area contributed by atoms with E-state index in [9.17, 15) is 4.79 Å². The second-order valence-corrected chi connectivity index (χ2v) is 6.36. The fourth-order valence-electron chi connectivity index (χ4n) is 2.56. The van der Waals surface area contributed by atoms with Gasteiger partial charge in [-0.1, -0.05) is 13.2 Å². The summed E-state index contributed by atoms with van der Waals surface area (Å²) in [6, 6.07) is 0. The van der Waals surface area contributed by atoms with Gasteiger partial charge >= 0.3 is 5.97 Å². The zero-order valence-corrected chi connectivity index (χ0v) is 13.6. The van der Waals surface area contributed by atoms with E-state index in [0.29, 0.717) is 12.2 Å². The lowest BCUT2D eigenvalue weighted by atomic mass is 10.0. The molecule has 3 atom stereocenters. The van der Waals surface area contributed by atoms with Crippen molar-refractivity contribution in [2.24, 2.45) is 0 Å². The summed E-state index contributed by atoms with van der Waals surface area (Å²) >= 11 is 0. The van der Waals surface area contributed by atoms with Crippen LogP contribution in [0, 0.1) is 0 Å². The van der Waals surface area contributed by atoms with Crippen molar-refractivity contribution in [2.45, 2.75) is 57.6 Å². The Labute approximate surface area is 131 Å². The van der Waals surface area contributed by atoms with E-state index in [1.165, 1.54) is 0 Å². The van der Waals surface area contributed by atoms with Crippen LogP contribution in [-0.2, 0) is 28.5 Å². The van der Waals surface area contributed by atoms with Crippen molar-refractivity contribution in [1.82, 2.24) is 0 Å². The van der Waals surface area contributed by atoms with Crippen LogP contribution in [0.3, 0.4) is 0 Å². The van der Waals surface area contributed by atoms with Crippen molar-refractivity contribution < 1.29 is 28.5 Å². The second-order valence-electron chi connectivity index (χ2n) is 6.36. The molecule has 6 nitrogen and oxygen atoms in total. The maximum Gasteiger partial charge on any atom is 0.330 e. The van der Waals surface area contributed by atoms with Gasteiger partial charge in [0.05, 0.1) is 6.61 Å². The van der Waals surface area contributed by atoms with E-state index >= 15 is 0 Å². The Morgan fingerprint density at radius 2 is 1.91 bits per heavy atom. The lowest BCUT2D eigenvalue weighted by Gasteiger charge is -2.24. The minimum Gasteiger partial charge on any atom is -0.458 e. The van der Waals surface area contributed by atoms with E-state index in [-0.39, 0.29) is 18.8 Å². The van der Waals surface area contributed by atoms with E-state index in [4.69, 9.17) is 23.7 Å². The van der Waals surface area contributed by atoms with Gasteiger partial charge in [0.2, 0.25) is 0 Å². The normalized spacial score (nSPS) is 32.6. The van der Waals surface area contributed by atoms with Crippen molar-refractivity contribution in [3.8, 4) is 0 Å². The highest BCUT2D eigenvalue weighted by Crippen LogP contribution is 2.37. The SMILES string of the molecule is C=CC(=O)OCC(=C)[C@H]1OC(C)(C)O[C@@H]1[C@H]1COC(C)(C)O1. The highest BCUT2D eigenvalue weighted by atomic mass is 16.8. The van der Waals surface area contributed by atoms with Crippen molar-refractivity contribution in [3.63, 3.8) is 0 Å². The first-order valence-corrected chi connectivity index (χ1v) is 7.28. The maximum absolute atomic E-state index is 11.2. The van der Waals surface area contributed by atoms with Gasteiger partial charge in [0.15, 0.2) is 11.6 Å². The topological polar surface area (TPSA) is 63.2 Å². The molecule has 0 bridgehead atoms. The molecule has 2 aliphatic rings. The summed E-state index contributed by atoms with van der Waals surface area (Å²) in [7, 11) is 0. The summed E-state index contributed by atoms with van der Waals surface area (Å²) in [5, 5.41) is 0. The zero-order chi connectivity index (χ0) is 16.5. The van der Waals surface area contributed by atoms with E-state index in [0.717, 1.165) is 6.08 Å². The predicted molar refractivity (Wildman–Crippen MR) is 79.0 cm³/mol. The summed E-state index contributed by atoms with van der Waals surface area (Å²) in [4.78, 5) is 11.2. The molecule has 0 spiro atoms. The summed E-state index contributed by atoms with van der Waals surface area (Å²) in [6.07, 6.45) is 0.0346. The third kappa shape index (κ3) is 3.95. The van der Waals surface area contributed by atoms with Gasteiger partial charge in [0.1, 0.15) is 24.9 Å². The average molecular weight is 312 g/mol. The summed E-state index contributed by atoms with van der Waals surface area (Å²) in [5.41, 5.74) is 0.610. The molecular weight excluding hydrogens is 288 g/mol. The fraction of sp³-hybridized carbons (Fsp3) is 0.688. The number of hydrogen-bond donors (Lipinski definition) is 0. The van der Waals surface area contributed by atoms with Gasteiger partial charge in [-0.3, -0.25) is 0 Å². The standard InChI is InChI=1S/C16H24O6/c1-7-12(17)18-8-10(2)13-14(22-16(5,6)21-13)11-9-19-15(3,4)20-11/h7,11,13-14H,1-2,8-9H2,3-6H3/t11-,13-,14-/m1/s1. The van der Waals surface area contributed by atoms with Gasteiger partial charge in [-0.2, -0.15) is 0 Å². The number of carbonyl (C=O) groups excluding carboxylic acids is 1. The smallest absolute Gasteiger partial charge is 0.330 e. The van der Waals surface area contributed by atoms with Crippen LogP contribution in [0.5, 0.6) is 0 Å². The van der Waals surface area contributed by atoms with Crippen LogP contribution >= 0.6 is 0 Å². The van der Waals surface area contributed by atoms with Crippen LogP contribution in [0.25, 0.3) is 0 Å². The lowest BCUT2D eigenvalue weighted by Crippen LogP contribution is -2.39. The van der Waals surface area contributed by atoms with Crippen molar-refractivity contribution in [1.29, 1.82) is 0 Å². The number of carbonyl (C=O) groups is 1. The minimum absolute atomic E-state index is 0.0441. The van der Waals surface area contributed by atoms with Crippen LogP contribution in [-0.4, -0.2) is 49.1 Å². The molecule has 0 aromatic rings. The van der Waals surface area contributed by atoms with E-state index < -0.39 is 23.6 Å². The van der Waals surface area contributed by atoms with Crippen LogP contribution in [0.15, 0.2) is 24.8 Å². The predicted octanol–water partition coefficient (Wildman–Crippen LogP) is 1.94. The quantitative estimate of drug-likeness (QED) is 0.439. The number of hydrogen-bond acceptors (Lipinski definition) is 6. The van der Waals surface area contributed by atoms with E-state index in [2.05, 4.69) is 13.2 Å². The molecular formula is C16H24O6. The van der Waals surface area contributed by atoms with Crippen molar-refractivity contribution in [2.75, 3.05) is 13.2 Å². The third-order valence-electron chi connectivity index (χ3n) is 3.49.